The molecule has 2 aromatic carbocycles. The van der Waals surface area contributed by atoms with Crippen LogP contribution in [0.5, 0.6) is 0 Å². The third-order valence-corrected chi connectivity index (χ3v) is 6.20. The van der Waals surface area contributed by atoms with Gasteiger partial charge >= 0.3 is 0 Å². The predicted octanol–water partition coefficient (Wildman–Crippen LogP) is 2.64. The van der Waals surface area contributed by atoms with Crippen molar-refractivity contribution < 1.29 is 9.59 Å². The average molecular weight is 377 g/mol. The Balaban J connectivity index is 1.43. The topological polar surface area (TPSA) is 52.7 Å². The number of nitrogens with one attached hydrogen (secondary N) is 1. The lowest BCUT2D eigenvalue weighted by atomic mass is 9.94. The van der Waals surface area contributed by atoms with E-state index in [2.05, 4.69) is 48.6 Å². The van der Waals surface area contributed by atoms with Crippen LogP contribution in [-0.4, -0.2) is 49.4 Å². The van der Waals surface area contributed by atoms with Crippen LogP contribution in [0.4, 0.5) is 5.69 Å². The van der Waals surface area contributed by atoms with Gasteiger partial charge in [-0.2, -0.15) is 0 Å². The van der Waals surface area contributed by atoms with Crippen LogP contribution in [0.1, 0.15) is 34.3 Å². The molecule has 1 aliphatic heterocycles. The van der Waals surface area contributed by atoms with Crippen LogP contribution in [-0.2, 0) is 17.6 Å². The highest BCUT2D eigenvalue weighted by Crippen LogP contribution is 2.33. The molecule has 1 N–H and O–H groups in total. The van der Waals surface area contributed by atoms with E-state index in [1.807, 2.05) is 24.3 Å². The second-order valence-electron chi connectivity index (χ2n) is 8.12. The van der Waals surface area contributed by atoms with Crippen molar-refractivity contribution >= 4 is 17.5 Å². The molecular weight excluding hydrogens is 350 g/mol. The molecule has 0 atom stereocenters. The third kappa shape index (κ3) is 3.42. The van der Waals surface area contributed by atoms with Crippen molar-refractivity contribution in [2.24, 2.45) is 0 Å². The van der Waals surface area contributed by atoms with E-state index in [9.17, 15) is 9.59 Å². The van der Waals surface area contributed by atoms with Gasteiger partial charge in [0.2, 0.25) is 5.91 Å². The number of amides is 2. The fourth-order valence-corrected chi connectivity index (χ4v) is 4.33. The van der Waals surface area contributed by atoms with Gasteiger partial charge in [0.1, 0.15) is 0 Å². The monoisotopic (exact) mass is 377 g/mol. The van der Waals surface area contributed by atoms with Crippen LogP contribution >= 0.6 is 0 Å². The van der Waals surface area contributed by atoms with Gasteiger partial charge in [0, 0.05) is 36.3 Å². The van der Waals surface area contributed by atoms with Crippen LogP contribution in [0.25, 0.3) is 0 Å². The van der Waals surface area contributed by atoms with E-state index in [0.717, 1.165) is 31.5 Å². The summed E-state index contributed by atoms with van der Waals surface area (Å²) in [5, 5.41) is 3.13. The number of likely N-dealkylation sites (N-methyl/N-ethyl adjacent to an activating group) is 1. The molecule has 1 aliphatic carbocycles. The lowest BCUT2D eigenvalue weighted by Crippen LogP contribution is -2.53. The maximum absolute atomic E-state index is 12.7. The van der Waals surface area contributed by atoms with E-state index in [-0.39, 0.29) is 17.4 Å². The highest BCUT2D eigenvalue weighted by atomic mass is 16.2. The Morgan fingerprint density at radius 3 is 2.25 bits per heavy atom. The van der Waals surface area contributed by atoms with E-state index in [0.29, 0.717) is 18.5 Å². The van der Waals surface area contributed by atoms with Gasteiger partial charge in [-0.05, 0) is 68.8 Å². The summed E-state index contributed by atoms with van der Waals surface area (Å²) in [5.74, 6) is 0.0856. The zero-order valence-electron chi connectivity index (χ0n) is 16.6. The molecule has 5 heteroatoms. The number of hydrogen-bond donors (Lipinski definition) is 1. The van der Waals surface area contributed by atoms with Gasteiger partial charge in [0.15, 0.2) is 0 Å². The van der Waals surface area contributed by atoms with Crippen molar-refractivity contribution in [2.75, 3.05) is 32.1 Å². The van der Waals surface area contributed by atoms with E-state index in [4.69, 9.17) is 0 Å². The Kier molecular flexibility index (Phi) is 4.94. The molecule has 2 aromatic rings. The first kappa shape index (κ1) is 18.7. The molecule has 1 fully saturated rings. The highest BCUT2D eigenvalue weighted by molar-refractivity contribution is 5.97. The lowest BCUT2D eigenvalue weighted by molar-refractivity contribution is -0.117. The summed E-state index contributed by atoms with van der Waals surface area (Å²) in [5.41, 5.74) is 4.13. The Morgan fingerprint density at radius 1 is 1.07 bits per heavy atom. The number of fused-ring (bicyclic) bond motifs is 1. The van der Waals surface area contributed by atoms with Gasteiger partial charge in [0.25, 0.3) is 5.91 Å². The maximum atomic E-state index is 12.7. The largest absolute Gasteiger partial charge is 0.350 e. The van der Waals surface area contributed by atoms with E-state index >= 15 is 0 Å². The molecule has 5 nitrogen and oxygen atoms in total. The van der Waals surface area contributed by atoms with Gasteiger partial charge < -0.3 is 15.1 Å². The molecule has 0 radical (unpaired) electrons. The minimum atomic E-state index is -0.0960. The normalized spacial score (nSPS) is 17.8. The van der Waals surface area contributed by atoms with Crippen LogP contribution in [0.15, 0.2) is 48.5 Å². The molecule has 28 heavy (non-hydrogen) atoms. The first-order valence-electron chi connectivity index (χ1n) is 9.91. The van der Waals surface area contributed by atoms with Gasteiger partial charge in [-0.15, -0.1) is 0 Å². The maximum Gasteiger partial charge on any atom is 0.251 e. The highest BCUT2D eigenvalue weighted by Gasteiger charge is 2.39. The van der Waals surface area contributed by atoms with Gasteiger partial charge in [-0.3, -0.25) is 9.59 Å². The molecule has 146 valence electrons. The van der Waals surface area contributed by atoms with Crippen molar-refractivity contribution in [3.8, 4) is 0 Å². The van der Waals surface area contributed by atoms with Crippen molar-refractivity contribution in [2.45, 2.75) is 31.2 Å². The van der Waals surface area contributed by atoms with Crippen LogP contribution < -0.4 is 10.2 Å². The second-order valence-corrected chi connectivity index (χ2v) is 8.12. The molecule has 0 unspecified atom stereocenters. The number of nitrogens with zero attached hydrogens (tertiary/aromatic N) is 2. The van der Waals surface area contributed by atoms with Crippen molar-refractivity contribution in [1.82, 2.24) is 10.2 Å². The third-order valence-electron chi connectivity index (χ3n) is 6.20. The lowest BCUT2D eigenvalue weighted by Gasteiger charge is -2.36. The summed E-state index contributed by atoms with van der Waals surface area (Å²) in [4.78, 5) is 28.6. The Morgan fingerprint density at radius 2 is 1.71 bits per heavy atom. The molecular formula is C23H27N3O2. The molecule has 2 amide bonds. The summed E-state index contributed by atoms with van der Waals surface area (Å²) in [7, 11) is 4.17. The molecule has 2 aliphatic rings. The zero-order valence-corrected chi connectivity index (χ0v) is 16.6. The molecule has 1 saturated heterocycles. The fraction of sp³-hybridized carbons (Fsp3) is 0.391. The Hall–Kier alpha value is -2.66. The van der Waals surface area contributed by atoms with E-state index < -0.39 is 0 Å². The SMILES string of the molecule is CN(C)C1(CNC(=O)c2ccc(N3CCCC3=O)cc2)Cc2ccccc2C1. The summed E-state index contributed by atoms with van der Waals surface area (Å²) < 4.78 is 0. The number of carbonyl (C=O) groups excluding carboxylic acids is 2. The minimum absolute atomic E-state index is 0.0727. The number of benzene rings is 2. The summed E-state index contributed by atoms with van der Waals surface area (Å²) in [6.45, 7) is 1.36. The summed E-state index contributed by atoms with van der Waals surface area (Å²) in [6.07, 6.45) is 3.38. The molecule has 1 heterocycles. The first-order chi connectivity index (χ1) is 13.5. The number of anilines is 1. The Labute approximate surface area is 166 Å². The quantitative estimate of drug-likeness (QED) is 0.872. The minimum Gasteiger partial charge on any atom is -0.350 e. The molecule has 0 aromatic heterocycles. The van der Waals surface area contributed by atoms with Crippen LogP contribution in [0.3, 0.4) is 0 Å². The van der Waals surface area contributed by atoms with Crippen molar-refractivity contribution in [3.63, 3.8) is 0 Å². The van der Waals surface area contributed by atoms with Crippen LogP contribution in [0, 0.1) is 0 Å². The summed E-state index contributed by atoms with van der Waals surface area (Å²) >= 11 is 0. The zero-order chi connectivity index (χ0) is 19.7. The molecule has 0 saturated carbocycles. The standard InChI is InChI=1S/C23H27N3O2/c1-25(2)23(14-18-6-3-4-7-19(18)15-23)16-24-22(28)17-9-11-20(12-10-17)26-13-5-8-21(26)27/h3-4,6-7,9-12H,5,8,13-16H2,1-2H3,(H,24,28). The number of hydrogen-bond acceptors (Lipinski definition) is 3. The molecule has 0 bridgehead atoms. The fourth-order valence-electron chi connectivity index (χ4n) is 4.33. The van der Waals surface area contributed by atoms with Gasteiger partial charge in [-0.1, -0.05) is 24.3 Å². The predicted molar refractivity (Wildman–Crippen MR) is 111 cm³/mol. The van der Waals surface area contributed by atoms with Gasteiger partial charge in [-0.25, -0.2) is 0 Å². The van der Waals surface area contributed by atoms with Gasteiger partial charge in [0.05, 0.1) is 0 Å². The van der Waals surface area contributed by atoms with Crippen LogP contribution in [0.2, 0.25) is 0 Å². The smallest absolute Gasteiger partial charge is 0.251 e. The van der Waals surface area contributed by atoms with E-state index in [1.165, 1.54) is 11.1 Å². The number of rotatable bonds is 5. The first-order valence-corrected chi connectivity index (χ1v) is 9.91. The van der Waals surface area contributed by atoms with E-state index in [1.54, 1.807) is 4.90 Å². The molecule has 4 rings (SSSR count). The summed E-state index contributed by atoms with van der Waals surface area (Å²) in [6, 6.07) is 15.9. The Bertz CT molecular complexity index is 864. The average Bonchev–Trinajstić information content (AvgIpc) is 3.30. The number of carbonyl (C=O) groups is 2. The van der Waals surface area contributed by atoms with Crippen molar-refractivity contribution in [3.05, 3.63) is 65.2 Å². The van der Waals surface area contributed by atoms with Crippen molar-refractivity contribution in [1.29, 1.82) is 0 Å². The second kappa shape index (κ2) is 7.40. The molecule has 0 spiro atoms.